The quantitative estimate of drug-likeness (QED) is 0.463. The Hall–Kier alpha value is -3.46. The molecule has 4 aromatic rings. The number of benzene rings is 2. The average molecular weight is 407 g/mol. The van der Waals surface area contributed by atoms with E-state index >= 15 is 0 Å². The first kappa shape index (κ1) is 18.9. The lowest BCUT2D eigenvalue weighted by Crippen LogP contribution is -2.13. The van der Waals surface area contributed by atoms with Crippen molar-refractivity contribution in [3.8, 4) is 5.88 Å². The first-order chi connectivity index (χ1) is 14.2. The van der Waals surface area contributed by atoms with Gasteiger partial charge in [0.15, 0.2) is 6.61 Å². The molecule has 8 nitrogen and oxygen atoms in total. The molecule has 0 aliphatic heterocycles. The number of hydrogen-bond donors (Lipinski definition) is 1. The molecule has 0 saturated carbocycles. The number of para-hydroxylation sites is 2. The van der Waals surface area contributed by atoms with Gasteiger partial charge >= 0.3 is 0 Å². The third-order valence-corrected chi connectivity index (χ3v) is 4.70. The highest BCUT2D eigenvalue weighted by Crippen LogP contribution is 2.18. The third-order valence-electron chi connectivity index (χ3n) is 3.88. The number of carbonyl (C=O) groups is 1. The number of hydrogen-bond acceptors (Lipinski definition) is 8. The number of carbonyl (C=O) groups excluding carboxylic acids is 1. The van der Waals surface area contributed by atoms with Gasteiger partial charge < -0.3 is 14.5 Å². The molecule has 1 N–H and O–H groups in total. The van der Waals surface area contributed by atoms with Gasteiger partial charge in [-0.05, 0) is 31.2 Å². The summed E-state index contributed by atoms with van der Waals surface area (Å²) in [4.78, 5) is 20.7. The van der Waals surface area contributed by atoms with Crippen LogP contribution in [0, 0.1) is 6.92 Å². The summed E-state index contributed by atoms with van der Waals surface area (Å²) in [5.74, 6) is 0.670. The summed E-state index contributed by atoms with van der Waals surface area (Å²) >= 11 is 1.16. The van der Waals surface area contributed by atoms with E-state index in [1.54, 1.807) is 6.20 Å². The molecule has 0 aliphatic rings. The molecule has 0 aliphatic carbocycles. The first-order valence-electron chi connectivity index (χ1n) is 8.82. The average Bonchev–Trinajstić information content (AvgIpc) is 3.20. The molecule has 1 amide bonds. The van der Waals surface area contributed by atoms with E-state index in [-0.39, 0.29) is 18.3 Å². The Bertz CT molecular complexity index is 1130. The maximum absolute atomic E-state index is 12.0. The minimum atomic E-state index is -0.152. The van der Waals surface area contributed by atoms with Gasteiger partial charge in [0.1, 0.15) is 0 Å². The molecule has 0 unspecified atom stereocenters. The summed E-state index contributed by atoms with van der Waals surface area (Å²) in [6.07, 6.45) is 1.55. The number of rotatable bonds is 7. The minimum Gasteiger partial charge on any atom is -0.466 e. The van der Waals surface area contributed by atoms with Gasteiger partial charge in [-0.2, -0.15) is 0 Å². The Labute approximate surface area is 170 Å². The Kier molecular flexibility index (Phi) is 5.66. The fourth-order valence-electron chi connectivity index (χ4n) is 2.46. The van der Waals surface area contributed by atoms with Crippen LogP contribution in [0.3, 0.4) is 0 Å². The van der Waals surface area contributed by atoms with Gasteiger partial charge in [0.2, 0.25) is 11.8 Å². The minimum absolute atomic E-state index is 0.0656. The van der Waals surface area contributed by atoms with Gasteiger partial charge in [-0.25, -0.2) is 9.97 Å². The van der Waals surface area contributed by atoms with Gasteiger partial charge in [0, 0.05) is 5.69 Å². The van der Waals surface area contributed by atoms with Gasteiger partial charge in [0.25, 0.3) is 11.1 Å². The molecular weight excluding hydrogens is 390 g/mol. The molecule has 29 heavy (non-hydrogen) atoms. The zero-order valence-electron chi connectivity index (χ0n) is 15.5. The molecule has 4 rings (SSSR count). The second-order valence-electron chi connectivity index (χ2n) is 6.15. The predicted molar refractivity (Wildman–Crippen MR) is 109 cm³/mol. The number of anilines is 1. The van der Waals surface area contributed by atoms with Crippen LogP contribution in [0.5, 0.6) is 5.88 Å². The van der Waals surface area contributed by atoms with E-state index < -0.39 is 0 Å². The van der Waals surface area contributed by atoms with E-state index in [1.165, 1.54) is 0 Å². The van der Waals surface area contributed by atoms with Crippen LogP contribution in [0.4, 0.5) is 5.69 Å². The SMILES string of the molecule is Cc1ccc(NC(=O)CSc2nnc(COc3cnc4ccccc4n3)o2)cc1. The summed E-state index contributed by atoms with van der Waals surface area (Å²) in [6, 6.07) is 15.1. The van der Waals surface area contributed by atoms with Crippen LogP contribution in [0.25, 0.3) is 11.0 Å². The smallest absolute Gasteiger partial charge is 0.277 e. The van der Waals surface area contributed by atoms with Crippen molar-refractivity contribution in [3.05, 3.63) is 66.2 Å². The van der Waals surface area contributed by atoms with Crippen molar-refractivity contribution < 1.29 is 13.9 Å². The molecule has 2 heterocycles. The molecule has 9 heteroatoms. The van der Waals surface area contributed by atoms with E-state index in [0.29, 0.717) is 17.0 Å². The first-order valence-corrected chi connectivity index (χ1v) is 9.80. The van der Waals surface area contributed by atoms with Crippen LogP contribution in [-0.4, -0.2) is 31.8 Å². The molecule has 2 aromatic carbocycles. The molecule has 146 valence electrons. The zero-order chi connectivity index (χ0) is 20.1. The van der Waals surface area contributed by atoms with Gasteiger partial charge in [-0.3, -0.25) is 4.79 Å². The van der Waals surface area contributed by atoms with Crippen LogP contribution in [-0.2, 0) is 11.4 Å². The predicted octanol–water partition coefficient (Wildman–Crippen LogP) is 3.63. The van der Waals surface area contributed by atoms with E-state index in [0.717, 1.165) is 34.0 Å². The highest BCUT2D eigenvalue weighted by atomic mass is 32.2. The fourth-order valence-corrected chi connectivity index (χ4v) is 3.04. The van der Waals surface area contributed by atoms with Crippen molar-refractivity contribution >= 4 is 34.4 Å². The summed E-state index contributed by atoms with van der Waals surface area (Å²) in [6.45, 7) is 2.06. The number of aryl methyl sites for hydroxylation is 1. The Morgan fingerprint density at radius 1 is 1.10 bits per heavy atom. The zero-order valence-corrected chi connectivity index (χ0v) is 16.3. The van der Waals surface area contributed by atoms with E-state index in [1.807, 2.05) is 55.5 Å². The molecule has 0 saturated heterocycles. The second kappa shape index (κ2) is 8.70. The maximum Gasteiger partial charge on any atom is 0.277 e. The van der Waals surface area contributed by atoms with Crippen molar-refractivity contribution in [1.82, 2.24) is 20.2 Å². The number of aromatic nitrogens is 4. The molecular formula is C20H17N5O3S. The molecule has 0 bridgehead atoms. The fraction of sp³-hybridized carbons (Fsp3) is 0.150. The number of fused-ring (bicyclic) bond motifs is 1. The molecule has 0 spiro atoms. The maximum atomic E-state index is 12.0. The molecule has 0 radical (unpaired) electrons. The lowest BCUT2D eigenvalue weighted by atomic mass is 10.2. The lowest BCUT2D eigenvalue weighted by molar-refractivity contribution is -0.113. The lowest BCUT2D eigenvalue weighted by Gasteiger charge is -2.04. The van der Waals surface area contributed by atoms with Gasteiger partial charge in [-0.15, -0.1) is 10.2 Å². The van der Waals surface area contributed by atoms with Gasteiger partial charge in [-0.1, -0.05) is 41.6 Å². The summed E-state index contributed by atoms with van der Waals surface area (Å²) in [5.41, 5.74) is 3.41. The number of thioether (sulfide) groups is 1. The Balaban J connectivity index is 1.27. The van der Waals surface area contributed by atoms with Crippen molar-refractivity contribution in [2.45, 2.75) is 18.8 Å². The van der Waals surface area contributed by atoms with Crippen molar-refractivity contribution in [2.24, 2.45) is 0 Å². The summed E-state index contributed by atoms with van der Waals surface area (Å²) in [7, 11) is 0. The summed E-state index contributed by atoms with van der Waals surface area (Å²) < 4.78 is 11.1. The van der Waals surface area contributed by atoms with Crippen LogP contribution in [0.1, 0.15) is 11.5 Å². The number of amides is 1. The Morgan fingerprint density at radius 3 is 2.72 bits per heavy atom. The van der Waals surface area contributed by atoms with Crippen molar-refractivity contribution in [3.63, 3.8) is 0 Å². The Morgan fingerprint density at radius 2 is 1.90 bits per heavy atom. The van der Waals surface area contributed by atoms with Crippen LogP contribution < -0.4 is 10.1 Å². The van der Waals surface area contributed by atoms with Gasteiger partial charge in [0.05, 0.1) is 23.0 Å². The highest BCUT2D eigenvalue weighted by molar-refractivity contribution is 7.99. The monoisotopic (exact) mass is 407 g/mol. The largest absolute Gasteiger partial charge is 0.466 e. The van der Waals surface area contributed by atoms with Crippen molar-refractivity contribution in [1.29, 1.82) is 0 Å². The molecule has 0 fully saturated rings. The number of ether oxygens (including phenoxy) is 1. The molecule has 2 aromatic heterocycles. The van der Waals surface area contributed by atoms with E-state index in [2.05, 4.69) is 25.5 Å². The molecule has 0 atom stereocenters. The highest BCUT2D eigenvalue weighted by Gasteiger charge is 2.11. The van der Waals surface area contributed by atoms with E-state index in [9.17, 15) is 4.79 Å². The summed E-state index contributed by atoms with van der Waals surface area (Å²) in [5, 5.41) is 11.0. The van der Waals surface area contributed by atoms with E-state index in [4.69, 9.17) is 9.15 Å². The topological polar surface area (TPSA) is 103 Å². The number of nitrogens with zero attached hydrogens (tertiary/aromatic N) is 4. The standard InChI is InChI=1S/C20H17N5O3S/c1-13-6-8-14(9-7-13)22-17(26)12-29-20-25-24-19(28-20)11-27-18-10-21-15-4-2-3-5-16(15)23-18/h2-10H,11-12H2,1H3,(H,22,26). The van der Waals surface area contributed by atoms with Crippen LogP contribution in [0.2, 0.25) is 0 Å². The third kappa shape index (κ3) is 5.08. The normalized spacial score (nSPS) is 10.8. The number of nitrogens with one attached hydrogen (secondary N) is 1. The van der Waals surface area contributed by atoms with Crippen LogP contribution in [0.15, 0.2) is 64.4 Å². The second-order valence-corrected chi connectivity index (χ2v) is 7.08. The van der Waals surface area contributed by atoms with Crippen LogP contribution >= 0.6 is 11.8 Å². The van der Waals surface area contributed by atoms with Crippen molar-refractivity contribution in [2.75, 3.05) is 11.1 Å².